The zero-order valence-electron chi connectivity index (χ0n) is 5.25. The highest BCUT2D eigenvalue weighted by molar-refractivity contribution is 7.79. The van der Waals surface area contributed by atoms with Crippen molar-refractivity contribution in [2.24, 2.45) is 11.8 Å². The van der Waals surface area contributed by atoms with Crippen molar-refractivity contribution in [3.05, 3.63) is 0 Å². The maximum Gasteiger partial charge on any atom is 0.123 e. The van der Waals surface area contributed by atoms with Crippen molar-refractivity contribution >= 4 is 23.9 Å². The second-order valence-corrected chi connectivity index (χ2v) is 2.80. The molecule has 1 aliphatic carbocycles. The van der Waals surface area contributed by atoms with Crippen LogP contribution in [0.25, 0.3) is 0 Å². The van der Waals surface area contributed by atoms with Gasteiger partial charge in [0.15, 0.2) is 0 Å². The van der Waals surface area contributed by atoms with Gasteiger partial charge in [-0.05, 0) is 24.1 Å². The van der Waals surface area contributed by atoms with E-state index in [1.165, 1.54) is 6.42 Å². The van der Waals surface area contributed by atoms with Crippen molar-refractivity contribution in [1.29, 1.82) is 0 Å². The summed E-state index contributed by atoms with van der Waals surface area (Å²) in [7, 11) is 0. The summed E-state index contributed by atoms with van der Waals surface area (Å²) in [5.41, 5.74) is 0. The second-order valence-electron chi connectivity index (χ2n) is 2.53. The summed E-state index contributed by atoms with van der Waals surface area (Å²) in [6.07, 6.45) is 4.37. The Morgan fingerprint density at radius 1 is 1.33 bits per heavy atom. The van der Waals surface area contributed by atoms with Gasteiger partial charge in [0.25, 0.3) is 0 Å². The lowest BCUT2D eigenvalue weighted by atomic mass is 10.0. The van der Waals surface area contributed by atoms with Crippen LogP contribution in [0.15, 0.2) is 0 Å². The standard InChI is InChI=1S/C7H10OS/c8-4-6-2-1-3-7(6)5-9/h4-7H,1-3H2. The van der Waals surface area contributed by atoms with E-state index in [0.29, 0.717) is 5.92 Å². The molecule has 0 aliphatic heterocycles. The van der Waals surface area contributed by atoms with Crippen LogP contribution < -0.4 is 0 Å². The number of aldehydes is 1. The van der Waals surface area contributed by atoms with Gasteiger partial charge in [0.2, 0.25) is 0 Å². The van der Waals surface area contributed by atoms with Crippen LogP contribution in [0, 0.1) is 11.8 Å². The first-order valence-corrected chi connectivity index (χ1v) is 3.76. The van der Waals surface area contributed by atoms with Gasteiger partial charge in [0.1, 0.15) is 6.29 Å². The van der Waals surface area contributed by atoms with Crippen molar-refractivity contribution < 1.29 is 4.79 Å². The quantitative estimate of drug-likeness (QED) is 0.430. The first-order chi connectivity index (χ1) is 4.38. The first kappa shape index (κ1) is 6.87. The lowest BCUT2D eigenvalue weighted by molar-refractivity contribution is -0.111. The van der Waals surface area contributed by atoms with Gasteiger partial charge >= 0.3 is 0 Å². The van der Waals surface area contributed by atoms with Crippen LogP contribution in [0.3, 0.4) is 0 Å². The lowest BCUT2D eigenvalue weighted by Crippen LogP contribution is -2.08. The minimum atomic E-state index is 0.238. The van der Waals surface area contributed by atoms with E-state index < -0.39 is 0 Å². The molecule has 0 spiro atoms. The van der Waals surface area contributed by atoms with Gasteiger partial charge in [-0.1, -0.05) is 18.6 Å². The van der Waals surface area contributed by atoms with Gasteiger partial charge in [-0.25, -0.2) is 0 Å². The van der Waals surface area contributed by atoms with E-state index in [-0.39, 0.29) is 5.92 Å². The number of hydrogen-bond donors (Lipinski definition) is 0. The van der Waals surface area contributed by atoms with Crippen LogP contribution in [-0.2, 0) is 4.79 Å². The average molecular weight is 142 g/mol. The fourth-order valence-electron chi connectivity index (χ4n) is 1.36. The van der Waals surface area contributed by atoms with E-state index in [1.807, 2.05) is 0 Å². The molecule has 0 bridgehead atoms. The molecule has 2 unspecified atom stereocenters. The topological polar surface area (TPSA) is 17.1 Å². The molecular weight excluding hydrogens is 132 g/mol. The van der Waals surface area contributed by atoms with Crippen molar-refractivity contribution in [2.45, 2.75) is 19.3 Å². The van der Waals surface area contributed by atoms with Gasteiger partial charge in [-0.2, -0.15) is 0 Å². The predicted molar refractivity (Wildman–Crippen MR) is 40.6 cm³/mol. The summed E-state index contributed by atoms with van der Waals surface area (Å²) in [5.74, 6) is 0.639. The van der Waals surface area contributed by atoms with Gasteiger partial charge in [0.05, 0.1) is 0 Å². The van der Waals surface area contributed by atoms with Crippen molar-refractivity contribution in [1.82, 2.24) is 0 Å². The van der Waals surface area contributed by atoms with Gasteiger partial charge in [-0.15, -0.1) is 0 Å². The molecule has 0 aromatic rings. The summed E-state index contributed by atoms with van der Waals surface area (Å²) in [6, 6.07) is 0. The summed E-state index contributed by atoms with van der Waals surface area (Å²) in [4.78, 5) is 10.3. The van der Waals surface area contributed by atoms with Crippen LogP contribution in [0.2, 0.25) is 0 Å². The van der Waals surface area contributed by atoms with Crippen LogP contribution >= 0.6 is 12.2 Å². The molecule has 1 fully saturated rings. The zero-order chi connectivity index (χ0) is 6.69. The Morgan fingerprint density at radius 2 is 2.00 bits per heavy atom. The van der Waals surface area contributed by atoms with Crippen LogP contribution in [0.1, 0.15) is 19.3 Å². The molecule has 1 rings (SSSR count). The fourth-order valence-corrected chi connectivity index (χ4v) is 1.69. The SMILES string of the molecule is O=CC1CCCC1C=S. The maximum absolute atomic E-state index is 10.3. The third-order valence-corrected chi connectivity index (χ3v) is 2.32. The number of carbonyl (C=O) groups excluding carboxylic acids is 1. The molecule has 9 heavy (non-hydrogen) atoms. The Bertz CT molecular complexity index is 108. The van der Waals surface area contributed by atoms with Gasteiger partial charge in [-0.3, -0.25) is 0 Å². The van der Waals surface area contributed by atoms with E-state index in [1.54, 1.807) is 5.37 Å². The van der Waals surface area contributed by atoms with E-state index in [0.717, 1.165) is 19.1 Å². The van der Waals surface area contributed by atoms with Gasteiger partial charge in [0, 0.05) is 5.92 Å². The molecule has 0 saturated heterocycles. The normalized spacial score (nSPS) is 34.2. The smallest absolute Gasteiger partial charge is 0.123 e. The molecule has 0 N–H and O–H groups in total. The number of thiocarbonyl (C=S) groups is 1. The molecule has 0 amide bonds. The number of hydrogen-bond acceptors (Lipinski definition) is 2. The summed E-state index contributed by atoms with van der Waals surface area (Å²) < 4.78 is 0. The molecule has 50 valence electrons. The highest BCUT2D eigenvalue weighted by Gasteiger charge is 2.24. The van der Waals surface area contributed by atoms with Crippen LogP contribution in [-0.4, -0.2) is 11.7 Å². The van der Waals surface area contributed by atoms with E-state index in [9.17, 15) is 4.79 Å². The maximum atomic E-state index is 10.3. The Labute approximate surface area is 60.4 Å². The highest BCUT2D eigenvalue weighted by Crippen LogP contribution is 2.28. The summed E-state index contributed by atoms with van der Waals surface area (Å²) >= 11 is 4.77. The number of carbonyl (C=O) groups is 1. The molecule has 0 aromatic heterocycles. The molecule has 2 atom stereocenters. The molecule has 0 radical (unpaired) electrons. The Morgan fingerprint density at radius 3 is 2.44 bits per heavy atom. The molecule has 0 aromatic carbocycles. The Kier molecular flexibility index (Phi) is 2.34. The third kappa shape index (κ3) is 1.36. The summed E-state index contributed by atoms with van der Waals surface area (Å²) in [6.45, 7) is 0. The fraction of sp³-hybridized carbons (Fsp3) is 0.714. The monoisotopic (exact) mass is 142 g/mol. The predicted octanol–water partition coefficient (Wildman–Crippen LogP) is 1.60. The molecule has 2 heteroatoms. The second kappa shape index (κ2) is 3.06. The first-order valence-electron chi connectivity index (χ1n) is 3.29. The molecule has 1 saturated carbocycles. The molecule has 0 heterocycles. The number of rotatable bonds is 2. The highest BCUT2D eigenvalue weighted by atomic mass is 32.1. The van der Waals surface area contributed by atoms with Crippen LogP contribution in [0.5, 0.6) is 0 Å². The van der Waals surface area contributed by atoms with Crippen molar-refractivity contribution in [2.75, 3.05) is 0 Å². The van der Waals surface area contributed by atoms with E-state index >= 15 is 0 Å². The van der Waals surface area contributed by atoms with Crippen molar-refractivity contribution in [3.63, 3.8) is 0 Å². The minimum absolute atomic E-state index is 0.238. The van der Waals surface area contributed by atoms with Gasteiger partial charge < -0.3 is 4.79 Å². The Hall–Kier alpha value is -0.240. The van der Waals surface area contributed by atoms with Crippen molar-refractivity contribution in [3.8, 4) is 0 Å². The Balaban J connectivity index is 2.50. The van der Waals surface area contributed by atoms with Crippen LogP contribution in [0.4, 0.5) is 0 Å². The summed E-state index contributed by atoms with van der Waals surface area (Å²) in [5, 5.41) is 1.74. The largest absolute Gasteiger partial charge is 0.303 e. The molecular formula is C7H10OS. The van der Waals surface area contributed by atoms with E-state index in [2.05, 4.69) is 0 Å². The zero-order valence-corrected chi connectivity index (χ0v) is 6.06. The van der Waals surface area contributed by atoms with E-state index in [4.69, 9.17) is 12.2 Å². The third-order valence-electron chi connectivity index (χ3n) is 1.97. The average Bonchev–Trinajstić information content (AvgIpc) is 2.33. The molecule has 1 aliphatic rings. The minimum Gasteiger partial charge on any atom is -0.303 e. The molecule has 1 nitrogen and oxygen atoms in total. The lowest BCUT2D eigenvalue weighted by Gasteiger charge is -2.04.